The molecule has 0 bridgehead atoms. The number of rotatable bonds is 5. The maximum Gasteiger partial charge on any atom is 0.311 e. The van der Waals surface area contributed by atoms with Gasteiger partial charge in [-0.05, 0) is 54.8 Å². The molecule has 1 atom stereocenters. The van der Waals surface area contributed by atoms with E-state index in [-0.39, 0.29) is 5.82 Å². The Balaban J connectivity index is 2.59. The number of hydrogen-bond acceptors (Lipinski definition) is 2. The van der Waals surface area contributed by atoms with Crippen molar-refractivity contribution >= 4 is 5.97 Å². The fourth-order valence-electron chi connectivity index (χ4n) is 2.53. The Labute approximate surface area is 123 Å². The lowest BCUT2D eigenvalue weighted by Gasteiger charge is -2.18. The van der Waals surface area contributed by atoms with E-state index >= 15 is 0 Å². The summed E-state index contributed by atoms with van der Waals surface area (Å²) in [5, 5.41) is 9.51. The third-order valence-corrected chi connectivity index (χ3v) is 3.55. The molecule has 0 radical (unpaired) electrons. The second-order valence-corrected chi connectivity index (χ2v) is 5.08. The highest BCUT2D eigenvalue weighted by Gasteiger charge is 2.25. The quantitative estimate of drug-likeness (QED) is 0.898. The van der Waals surface area contributed by atoms with Gasteiger partial charge in [0, 0.05) is 11.8 Å². The van der Waals surface area contributed by atoms with Gasteiger partial charge >= 0.3 is 5.97 Å². The van der Waals surface area contributed by atoms with Gasteiger partial charge in [0.25, 0.3) is 0 Å². The molecule has 1 aromatic carbocycles. The summed E-state index contributed by atoms with van der Waals surface area (Å²) in [6.07, 6.45) is 2.98. The molecular weight excluding hydrogens is 269 g/mol. The third kappa shape index (κ3) is 3.27. The lowest BCUT2D eigenvalue weighted by molar-refractivity contribution is -0.139. The molecular formula is C17H18FNO2. The minimum Gasteiger partial charge on any atom is -0.481 e. The van der Waals surface area contributed by atoms with E-state index in [1.165, 1.54) is 12.1 Å². The van der Waals surface area contributed by atoms with Gasteiger partial charge in [0.05, 0.1) is 11.6 Å². The van der Waals surface area contributed by atoms with Crippen LogP contribution in [0, 0.1) is 12.7 Å². The fraction of sp³-hybridized carbons (Fsp3) is 0.294. The normalized spacial score (nSPS) is 12.1. The van der Waals surface area contributed by atoms with E-state index in [0.717, 1.165) is 23.1 Å². The second-order valence-electron chi connectivity index (χ2n) is 5.08. The predicted octanol–water partition coefficient (Wildman–Crippen LogP) is 4.16. The fourth-order valence-corrected chi connectivity index (χ4v) is 2.53. The number of carbonyl (C=O) groups is 1. The smallest absolute Gasteiger partial charge is 0.311 e. The van der Waals surface area contributed by atoms with Crippen molar-refractivity contribution in [2.75, 3.05) is 0 Å². The van der Waals surface area contributed by atoms with E-state index in [1.54, 1.807) is 18.3 Å². The van der Waals surface area contributed by atoms with Crippen LogP contribution in [0.15, 0.2) is 36.5 Å². The van der Waals surface area contributed by atoms with E-state index in [4.69, 9.17) is 0 Å². The van der Waals surface area contributed by atoms with E-state index in [0.29, 0.717) is 12.1 Å². The minimum atomic E-state index is -0.851. The SMILES string of the molecule is CCCC(C(=O)O)c1c(C)ccnc1-c1ccc(F)cc1. The number of carboxylic acid groups (broad SMARTS) is 1. The average molecular weight is 287 g/mol. The zero-order chi connectivity index (χ0) is 15.4. The number of benzene rings is 1. The topological polar surface area (TPSA) is 50.2 Å². The van der Waals surface area contributed by atoms with Gasteiger partial charge in [-0.25, -0.2) is 4.39 Å². The number of pyridine rings is 1. The summed E-state index contributed by atoms with van der Waals surface area (Å²) in [6.45, 7) is 3.84. The molecule has 4 heteroatoms. The van der Waals surface area contributed by atoms with Crippen LogP contribution in [0.1, 0.15) is 36.8 Å². The molecule has 1 aromatic heterocycles. The van der Waals surface area contributed by atoms with Crippen molar-refractivity contribution in [3.05, 3.63) is 53.5 Å². The maximum absolute atomic E-state index is 13.1. The highest BCUT2D eigenvalue weighted by molar-refractivity contribution is 5.80. The van der Waals surface area contributed by atoms with Crippen LogP contribution in [0.5, 0.6) is 0 Å². The highest BCUT2D eigenvalue weighted by Crippen LogP contribution is 2.33. The van der Waals surface area contributed by atoms with Crippen molar-refractivity contribution in [3.8, 4) is 11.3 Å². The van der Waals surface area contributed by atoms with E-state index in [9.17, 15) is 14.3 Å². The first-order valence-corrected chi connectivity index (χ1v) is 6.98. The molecule has 0 spiro atoms. The molecule has 3 nitrogen and oxygen atoms in total. The van der Waals surface area contributed by atoms with Gasteiger partial charge in [-0.1, -0.05) is 13.3 Å². The Morgan fingerprint density at radius 2 is 1.95 bits per heavy atom. The van der Waals surface area contributed by atoms with Crippen LogP contribution in [0.25, 0.3) is 11.3 Å². The molecule has 2 rings (SSSR count). The van der Waals surface area contributed by atoms with Gasteiger partial charge in [0.15, 0.2) is 0 Å². The molecule has 0 amide bonds. The van der Waals surface area contributed by atoms with Crippen molar-refractivity contribution in [2.45, 2.75) is 32.6 Å². The summed E-state index contributed by atoms with van der Waals surface area (Å²) in [7, 11) is 0. The Morgan fingerprint density at radius 3 is 2.52 bits per heavy atom. The molecule has 0 aliphatic carbocycles. The van der Waals surface area contributed by atoms with Gasteiger partial charge < -0.3 is 5.11 Å². The largest absolute Gasteiger partial charge is 0.481 e. The molecule has 0 aliphatic heterocycles. The summed E-state index contributed by atoms with van der Waals surface area (Å²) < 4.78 is 13.1. The summed E-state index contributed by atoms with van der Waals surface area (Å²) >= 11 is 0. The standard InChI is InChI=1S/C17H18FNO2/c1-3-4-14(17(20)21)15-11(2)9-10-19-16(15)12-5-7-13(18)8-6-12/h5-10,14H,3-4H2,1-2H3,(H,20,21). The van der Waals surface area contributed by atoms with Gasteiger partial charge in [-0.15, -0.1) is 0 Å². The third-order valence-electron chi connectivity index (χ3n) is 3.55. The first-order valence-electron chi connectivity index (χ1n) is 6.98. The molecule has 21 heavy (non-hydrogen) atoms. The van der Waals surface area contributed by atoms with Crippen molar-refractivity contribution < 1.29 is 14.3 Å². The monoisotopic (exact) mass is 287 g/mol. The van der Waals surface area contributed by atoms with Crippen LogP contribution >= 0.6 is 0 Å². The Bertz CT molecular complexity index is 638. The van der Waals surface area contributed by atoms with Crippen LogP contribution < -0.4 is 0 Å². The highest BCUT2D eigenvalue weighted by atomic mass is 19.1. The van der Waals surface area contributed by atoms with Crippen LogP contribution in [-0.2, 0) is 4.79 Å². The lowest BCUT2D eigenvalue weighted by atomic mass is 9.88. The Morgan fingerprint density at radius 1 is 1.29 bits per heavy atom. The molecule has 1 unspecified atom stereocenters. The Hall–Kier alpha value is -2.23. The second kappa shape index (κ2) is 6.48. The number of halogens is 1. The molecule has 0 fully saturated rings. The van der Waals surface area contributed by atoms with E-state index in [1.807, 2.05) is 19.9 Å². The summed E-state index contributed by atoms with van der Waals surface area (Å²) in [4.78, 5) is 15.9. The van der Waals surface area contributed by atoms with Crippen molar-refractivity contribution in [1.82, 2.24) is 4.98 Å². The lowest BCUT2D eigenvalue weighted by Crippen LogP contribution is -2.14. The zero-order valence-electron chi connectivity index (χ0n) is 12.1. The first-order chi connectivity index (χ1) is 10.0. The number of aliphatic carboxylic acids is 1. The van der Waals surface area contributed by atoms with Crippen LogP contribution in [0.3, 0.4) is 0 Å². The summed E-state index contributed by atoms with van der Waals surface area (Å²) in [6, 6.07) is 7.79. The van der Waals surface area contributed by atoms with Gasteiger partial charge in [0.2, 0.25) is 0 Å². The summed E-state index contributed by atoms with van der Waals surface area (Å²) in [5.41, 5.74) is 2.97. The van der Waals surface area contributed by atoms with Gasteiger partial charge in [-0.3, -0.25) is 9.78 Å². The first kappa shape index (κ1) is 15.2. The average Bonchev–Trinajstić information content (AvgIpc) is 2.46. The molecule has 2 aromatic rings. The van der Waals surface area contributed by atoms with Crippen molar-refractivity contribution in [2.24, 2.45) is 0 Å². The van der Waals surface area contributed by atoms with E-state index in [2.05, 4.69) is 4.98 Å². The molecule has 1 N–H and O–H groups in total. The zero-order valence-corrected chi connectivity index (χ0v) is 12.1. The van der Waals surface area contributed by atoms with Crippen LogP contribution in [-0.4, -0.2) is 16.1 Å². The van der Waals surface area contributed by atoms with Gasteiger partial charge in [-0.2, -0.15) is 0 Å². The number of nitrogens with zero attached hydrogens (tertiary/aromatic N) is 1. The number of aromatic nitrogens is 1. The maximum atomic E-state index is 13.1. The molecule has 110 valence electrons. The number of aryl methyl sites for hydroxylation is 1. The predicted molar refractivity (Wildman–Crippen MR) is 79.7 cm³/mol. The molecule has 0 saturated heterocycles. The number of carboxylic acids is 1. The van der Waals surface area contributed by atoms with Gasteiger partial charge in [0.1, 0.15) is 5.82 Å². The minimum absolute atomic E-state index is 0.323. The van der Waals surface area contributed by atoms with Crippen LogP contribution in [0.2, 0.25) is 0 Å². The number of hydrogen-bond donors (Lipinski definition) is 1. The van der Waals surface area contributed by atoms with Crippen molar-refractivity contribution in [3.63, 3.8) is 0 Å². The Kier molecular flexibility index (Phi) is 4.68. The molecule has 0 saturated carbocycles. The summed E-state index contributed by atoms with van der Waals surface area (Å²) in [5.74, 6) is -1.77. The van der Waals surface area contributed by atoms with Crippen molar-refractivity contribution in [1.29, 1.82) is 0 Å². The van der Waals surface area contributed by atoms with Crippen LogP contribution in [0.4, 0.5) is 4.39 Å². The van der Waals surface area contributed by atoms with E-state index < -0.39 is 11.9 Å². The molecule has 1 heterocycles. The molecule has 0 aliphatic rings.